The van der Waals surface area contributed by atoms with Gasteiger partial charge in [-0.25, -0.2) is 4.79 Å². The van der Waals surface area contributed by atoms with Gasteiger partial charge in [-0.2, -0.15) is 0 Å². The quantitative estimate of drug-likeness (QED) is 0.502. The molecular weight excluding hydrogens is 195 g/mol. The van der Waals surface area contributed by atoms with Gasteiger partial charge in [0.05, 0.1) is 6.61 Å². The molecule has 0 bridgehead atoms. The molecular formula is C5H8NO2Y-. The summed E-state index contributed by atoms with van der Waals surface area (Å²) in [6.07, 6.45) is 1.08. The molecule has 0 aliphatic heterocycles. The van der Waals surface area contributed by atoms with E-state index in [9.17, 15) is 4.79 Å². The largest absolute Gasteiger partial charge is 0.675 e. The van der Waals surface area contributed by atoms with E-state index in [2.05, 4.69) is 11.3 Å². The molecule has 1 radical (unpaired) electrons. The van der Waals surface area contributed by atoms with Crippen LogP contribution < -0.4 is 0 Å². The first-order valence-electron chi connectivity index (χ1n) is 2.25. The average molecular weight is 203 g/mol. The van der Waals surface area contributed by atoms with Gasteiger partial charge in [0.2, 0.25) is 0 Å². The van der Waals surface area contributed by atoms with E-state index >= 15 is 0 Å². The van der Waals surface area contributed by atoms with Gasteiger partial charge >= 0.3 is 5.97 Å². The molecule has 0 aromatic heterocycles. The predicted molar refractivity (Wildman–Crippen MR) is 30.3 cm³/mol. The third-order valence-corrected chi connectivity index (χ3v) is 0.513. The summed E-state index contributed by atoms with van der Waals surface area (Å²) >= 11 is 0. The fourth-order valence-electron chi connectivity index (χ4n) is 0.211. The molecule has 0 spiro atoms. The molecule has 3 nitrogen and oxygen atoms in total. The van der Waals surface area contributed by atoms with Crippen molar-refractivity contribution >= 4 is 5.97 Å². The third-order valence-electron chi connectivity index (χ3n) is 0.513. The Balaban J connectivity index is 0. The zero-order chi connectivity index (χ0) is 6.41. The Hall–Kier alpha value is 0.274. The molecule has 0 fully saturated rings. The summed E-state index contributed by atoms with van der Waals surface area (Å²) in [4.78, 5) is 10.1. The summed E-state index contributed by atoms with van der Waals surface area (Å²) in [6, 6.07) is 0. The van der Waals surface area contributed by atoms with E-state index in [1.807, 2.05) is 0 Å². The van der Waals surface area contributed by atoms with E-state index in [0.29, 0.717) is 0 Å². The minimum atomic E-state index is -0.461. The molecule has 0 rings (SSSR count). The molecule has 4 heteroatoms. The fourth-order valence-corrected chi connectivity index (χ4v) is 0.211. The number of rotatable bonds is 3. The van der Waals surface area contributed by atoms with Crippen LogP contribution in [-0.4, -0.2) is 19.1 Å². The molecule has 0 saturated heterocycles. The summed E-state index contributed by atoms with van der Waals surface area (Å²) in [5.74, 6) is -0.461. The number of hydrogen-bond donors (Lipinski definition) is 0. The van der Waals surface area contributed by atoms with Crippen LogP contribution in [0.3, 0.4) is 0 Å². The molecule has 0 unspecified atom stereocenters. The molecule has 0 aliphatic carbocycles. The van der Waals surface area contributed by atoms with Gasteiger partial charge in [-0.05, 0) is 0 Å². The standard InChI is InChI=1S/C5H8NO2.Y/c1-2-5(7)8-4-3-6;/h2,6H,1,3-4H2;/q-1;. The van der Waals surface area contributed by atoms with Crippen LogP contribution in [0.1, 0.15) is 0 Å². The maximum atomic E-state index is 10.1. The number of esters is 1. The van der Waals surface area contributed by atoms with Crippen LogP contribution in [0.5, 0.6) is 0 Å². The zero-order valence-electron chi connectivity index (χ0n) is 5.09. The SMILES string of the molecule is C=CC(=O)OCC[NH-].[Y]. The van der Waals surface area contributed by atoms with Crippen molar-refractivity contribution in [1.82, 2.24) is 0 Å². The van der Waals surface area contributed by atoms with Crippen LogP contribution in [0.2, 0.25) is 0 Å². The monoisotopic (exact) mass is 203 g/mol. The van der Waals surface area contributed by atoms with Gasteiger partial charge in [-0.1, -0.05) is 6.58 Å². The van der Waals surface area contributed by atoms with E-state index in [1.165, 1.54) is 0 Å². The summed E-state index contributed by atoms with van der Waals surface area (Å²) in [7, 11) is 0. The maximum Gasteiger partial charge on any atom is 0.330 e. The van der Waals surface area contributed by atoms with E-state index in [0.717, 1.165) is 6.08 Å². The molecule has 0 aromatic carbocycles. The third kappa shape index (κ3) is 8.27. The van der Waals surface area contributed by atoms with Crippen molar-refractivity contribution in [3.63, 3.8) is 0 Å². The van der Waals surface area contributed by atoms with E-state index < -0.39 is 5.97 Å². The second kappa shape index (κ2) is 8.27. The van der Waals surface area contributed by atoms with E-state index in [4.69, 9.17) is 5.73 Å². The van der Waals surface area contributed by atoms with Gasteiger partial charge in [-0.15, -0.1) is 6.54 Å². The second-order valence-corrected chi connectivity index (χ2v) is 1.12. The topological polar surface area (TPSA) is 50.1 Å². The Bertz CT molecular complexity index is 95.0. The van der Waals surface area contributed by atoms with Crippen LogP contribution >= 0.6 is 0 Å². The Morgan fingerprint density at radius 2 is 2.33 bits per heavy atom. The van der Waals surface area contributed by atoms with Crippen LogP contribution in [-0.2, 0) is 42.2 Å². The van der Waals surface area contributed by atoms with Crippen LogP contribution in [0.4, 0.5) is 0 Å². The summed E-state index contributed by atoms with van der Waals surface area (Å²) in [5.41, 5.74) is 6.56. The first-order chi connectivity index (χ1) is 3.81. The smallest absolute Gasteiger partial charge is 0.330 e. The number of carbonyl (C=O) groups excluding carboxylic acids is 1. The Labute approximate surface area is 79.5 Å². The molecule has 9 heavy (non-hydrogen) atoms. The minimum absolute atomic E-state index is 0. The molecule has 0 amide bonds. The van der Waals surface area contributed by atoms with Crippen molar-refractivity contribution in [3.8, 4) is 0 Å². The van der Waals surface area contributed by atoms with Crippen molar-refractivity contribution in [2.75, 3.05) is 13.2 Å². The van der Waals surface area contributed by atoms with Gasteiger partial charge in [0.15, 0.2) is 0 Å². The number of carbonyl (C=O) groups is 1. The maximum absolute atomic E-state index is 10.1. The van der Waals surface area contributed by atoms with Crippen LogP contribution in [0, 0.1) is 0 Å². The van der Waals surface area contributed by atoms with Crippen molar-refractivity contribution in [2.45, 2.75) is 0 Å². The predicted octanol–water partition coefficient (Wildman–Crippen LogP) is 0.765. The minimum Gasteiger partial charge on any atom is -0.675 e. The molecule has 0 atom stereocenters. The summed E-state index contributed by atoms with van der Waals surface area (Å²) in [6.45, 7) is 3.45. The normalized spacial score (nSPS) is 7.22. The first kappa shape index (κ1) is 12.0. The molecule has 1 N–H and O–H groups in total. The molecule has 0 aliphatic rings. The summed E-state index contributed by atoms with van der Waals surface area (Å²) < 4.78 is 4.40. The number of nitrogens with one attached hydrogen (secondary N) is 1. The Morgan fingerprint density at radius 1 is 1.78 bits per heavy atom. The van der Waals surface area contributed by atoms with E-state index in [1.54, 1.807) is 0 Å². The van der Waals surface area contributed by atoms with Gasteiger partial charge in [0.25, 0.3) is 0 Å². The number of ether oxygens (including phenoxy) is 1. The molecule has 0 heterocycles. The van der Waals surface area contributed by atoms with Gasteiger partial charge < -0.3 is 10.5 Å². The molecule has 0 saturated carbocycles. The molecule has 0 aromatic rings. The average Bonchev–Trinajstić information content (AvgIpc) is 1.83. The Kier molecular flexibility index (Phi) is 11.0. The van der Waals surface area contributed by atoms with E-state index in [-0.39, 0.29) is 45.9 Å². The summed E-state index contributed by atoms with van der Waals surface area (Å²) in [5, 5.41) is 0. The van der Waals surface area contributed by atoms with Crippen molar-refractivity contribution in [2.24, 2.45) is 0 Å². The van der Waals surface area contributed by atoms with Gasteiger partial charge in [-0.3, -0.25) is 0 Å². The first-order valence-corrected chi connectivity index (χ1v) is 2.25. The van der Waals surface area contributed by atoms with Crippen LogP contribution in [0.15, 0.2) is 12.7 Å². The Morgan fingerprint density at radius 3 is 2.67 bits per heavy atom. The fraction of sp³-hybridized carbons (Fsp3) is 0.400. The number of hydrogen-bond acceptors (Lipinski definition) is 2. The van der Waals surface area contributed by atoms with Gasteiger partial charge in [0.1, 0.15) is 0 Å². The zero-order valence-corrected chi connectivity index (χ0v) is 7.93. The van der Waals surface area contributed by atoms with Crippen molar-refractivity contribution < 1.29 is 42.2 Å². The molecule has 49 valence electrons. The second-order valence-electron chi connectivity index (χ2n) is 1.12. The van der Waals surface area contributed by atoms with Gasteiger partial charge in [0, 0.05) is 38.8 Å². The van der Waals surface area contributed by atoms with Crippen molar-refractivity contribution in [3.05, 3.63) is 18.4 Å². The van der Waals surface area contributed by atoms with Crippen LogP contribution in [0.25, 0.3) is 5.73 Å². The van der Waals surface area contributed by atoms with Crippen molar-refractivity contribution in [1.29, 1.82) is 0 Å².